The SMILES string of the molecule is O=C(COc1cccc(C=NNC(=O)C(=O)Nc2ccc(F)cc2)c1)Nc1ccc(F)cc1. The van der Waals surface area contributed by atoms with Crippen molar-refractivity contribution in [1.82, 2.24) is 5.43 Å². The standard InChI is InChI=1S/C23H18F2N4O4/c24-16-4-8-18(9-5-16)27-21(30)14-33-20-3-1-2-15(12-20)13-26-29-23(32)22(31)28-19-10-6-17(25)7-11-19/h1-13H,14H2,(H,27,30)(H,28,31)(H,29,32). The topological polar surface area (TPSA) is 109 Å². The van der Waals surface area contributed by atoms with Gasteiger partial charge in [-0.1, -0.05) is 12.1 Å². The third-order valence-corrected chi connectivity index (χ3v) is 4.04. The smallest absolute Gasteiger partial charge is 0.329 e. The summed E-state index contributed by atoms with van der Waals surface area (Å²) in [6.07, 6.45) is 1.29. The lowest BCUT2D eigenvalue weighted by Crippen LogP contribution is -2.32. The number of amides is 3. The maximum Gasteiger partial charge on any atom is 0.329 e. The van der Waals surface area contributed by atoms with Crippen LogP contribution in [-0.4, -0.2) is 30.5 Å². The van der Waals surface area contributed by atoms with Gasteiger partial charge >= 0.3 is 11.8 Å². The van der Waals surface area contributed by atoms with Gasteiger partial charge < -0.3 is 15.4 Å². The van der Waals surface area contributed by atoms with E-state index in [1.165, 1.54) is 42.6 Å². The molecule has 8 nitrogen and oxygen atoms in total. The van der Waals surface area contributed by atoms with Crippen LogP contribution < -0.4 is 20.8 Å². The molecule has 3 rings (SSSR count). The minimum absolute atomic E-state index is 0.258. The van der Waals surface area contributed by atoms with Gasteiger partial charge in [-0.05, 0) is 66.2 Å². The number of halogens is 2. The summed E-state index contributed by atoms with van der Waals surface area (Å²) in [4.78, 5) is 35.6. The predicted molar refractivity (Wildman–Crippen MR) is 118 cm³/mol. The molecule has 168 valence electrons. The lowest BCUT2D eigenvalue weighted by molar-refractivity contribution is -0.136. The highest BCUT2D eigenvalue weighted by atomic mass is 19.1. The molecule has 0 spiro atoms. The molecule has 0 saturated heterocycles. The van der Waals surface area contributed by atoms with Crippen molar-refractivity contribution in [1.29, 1.82) is 0 Å². The Morgan fingerprint density at radius 3 is 2.06 bits per heavy atom. The molecule has 0 aliphatic carbocycles. The molecule has 0 aliphatic rings. The Hall–Kier alpha value is -4.60. The van der Waals surface area contributed by atoms with Crippen molar-refractivity contribution in [3.8, 4) is 5.75 Å². The molecule has 0 unspecified atom stereocenters. The second-order valence-corrected chi connectivity index (χ2v) is 6.58. The number of anilines is 2. The van der Waals surface area contributed by atoms with Crippen LogP contribution in [0, 0.1) is 11.6 Å². The van der Waals surface area contributed by atoms with Gasteiger partial charge in [0.2, 0.25) is 0 Å². The van der Waals surface area contributed by atoms with Crippen LogP contribution in [-0.2, 0) is 14.4 Å². The molecule has 0 bridgehead atoms. The summed E-state index contributed by atoms with van der Waals surface area (Å²) >= 11 is 0. The number of nitrogens with one attached hydrogen (secondary N) is 3. The number of rotatable bonds is 7. The first-order valence-corrected chi connectivity index (χ1v) is 9.57. The van der Waals surface area contributed by atoms with Gasteiger partial charge in [-0.3, -0.25) is 14.4 Å². The van der Waals surface area contributed by atoms with E-state index in [0.29, 0.717) is 17.0 Å². The van der Waals surface area contributed by atoms with Gasteiger partial charge in [-0.2, -0.15) is 5.10 Å². The number of hydrazone groups is 1. The largest absolute Gasteiger partial charge is 0.484 e. The minimum Gasteiger partial charge on any atom is -0.484 e. The molecule has 0 fully saturated rings. The molecule has 0 aromatic heterocycles. The first kappa shape index (κ1) is 23.1. The van der Waals surface area contributed by atoms with Gasteiger partial charge in [-0.15, -0.1) is 0 Å². The molecule has 33 heavy (non-hydrogen) atoms. The molecule has 3 N–H and O–H groups in total. The molecule has 0 radical (unpaired) electrons. The Kier molecular flexibility index (Phi) is 7.79. The fourth-order valence-electron chi connectivity index (χ4n) is 2.50. The van der Waals surface area contributed by atoms with Gasteiger partial charge in [0, 0.05) is 11.4 Å². The van der Waals surface area contributed by atoms with Crippen LogP contribution in [0.2, 0.25) is 0 Å². The van der Waals surface area contributed by atoms with Gasteiger partial charge in [-0.25, -0.2) is 14.2 Å². The Morgan fingerprint density at radius 1 is 0.818 bits per heavy atom. The highest BCUT2D eigenvalue weighted by Crippen LogP contribution is 2.13. The summed E-state index contributed by atoms with van der Waals surface area (Å²) in [6.45, 7) is -0.279. The molecule has 3 amide bonds. The van der Waals surface area contributed by atoms with E-state index in [1.54, 1.807) is 24.3 Å². The number of carbonyl (C=O) groups is 3. The van der Waals surface area contributed by atoms with Crippen molar-refractivity contribution in [3.05, 3.63) is 90.0 Å². The van der Waals surface area contributed by atoms with Gasteiger partial charge in [0.15, 0.2) is 6.61 Å². The van der Waals surface area contributed by atoms with E-state index in [2.05, 4.69) is 21.2 Å². The lowest BCUT2D eigenvalue weighted by Gasteiger charge is -2.08. The number of hydrogen-bond donors (Lipinski definition) is 3. The Morgan fingerprint density at radius 2 is 1.42 bits per heavy atom. The average Bonchev–Trinajstić information content (AvgIpc) is 2.81. The molecular formula is C23H18F2N4O4. The molecule has 10 heteroatoms. The zero-order valence-corrected chi connectivity index (χ0v) is 17.0. The highest BCUT2D eigenvalue weighted by molar-refractivity contribution is 6.39. The second-order valence-electron chi connectivity index (χ2n) is 6.58. The van der Waals surface area contributed by atoms with Crippen molar-refractivity contribution >= 4 is 35.3 Å². The van der Waals surface area contributed by atoms with E-state index in [1.807, 2.05) is 0 Å². The van der Waals surface area contributed by atoms with E-state index in [4.69, 9.17) is 4.74 Å². The lowest BCUT2D eigenvalue weighted by atomic mass is 10.2. The Balaban J connectivity index is 1.47. The van der Waals surface area contributed by atoms with Crippen molar-refractivity contribution in [2.45, 2.75) is 0 Å². The zero-order chi connectivity index (χ0) is 23.6. The number of nitrogens with zero attached hydrogens (tertiary/aromatic N) is 1. The van der Waals surface area contributed by atoms with Gasteiger partial charge in [0.05, 0.1) is 6.21 Å². The maximum atomic E-state index is 12.9. The third kappa shape index (κ3) is 7.55. The fourth-order valence-corrected chi connectivity index (χ4v) is 2.50. The van der Waals surface area contributed by atoms with E-state index < -0.39 is 29.4 Å². The monoisotopic (exact) mass is 452 g/mol. The number of hydrogen-bond acceptors (Lipinski definition) is 5. The number of carbonyl (C=O) groups excluding carboxylic acids is 3. The number of ether oxygens (including phenoxy) is 1. The molecule has 0 heterocycles. The third-order valence-electron chi connectivity index (χ3n) is 4.04. The molecular weight excluding hydrogens is 434 g/mol. The van der Waals surface area contributed by atoms with E-state index in [9.17, 15) is 23.2 Å². The van der Waals surface area contributed by atoms with Crippen LogP contribution in [0.4, 0.5) is 20.2 Å². The van der Waals surface area contributed by atoms with E-state index in [-0.39, 0.29) is 12.3 Å². The predicted octanol–water partition coefficient (Wildman–Crippen LogP) is 3.07. The van der Waals surface area contributed by atoms with Crippen molar-refractivity contribution in [2.24, 2.45) is 5.10 Å². The van der Waals surface area contributed by atoms with Gasteiger partial charge in [0.25, 0.3) is 5.91 Å². The van der Waals surface area contributed by atoms with E-state index >= 15 is 0 Å². The molecule has 3 aromatic carbocycles. The summed E-state index contributed by atoms with van der Waals surface area (Å²) in [7, 11) is 0. The van der Waals surface area contributed by atoms with Gasteiger partial charge in [0.1, 0.15) is 17.4 Å². The van der Waals surface area contributed by atoms with Crippen LogP contribution in [0.25, 0.3) is 0 Å². The molecule has 0 atom stereocenters. The first-order valence-electron chi connectivity index (χ1n) is 9.57. The summed E-state index contributed by atoms with van der Waals surface area (Å²) in [6, 6.07) is 16.7. The number of benzene rings is 3. The first-order chi connectivity index (χ1) is 15.9. The second kappa shape index (κ2) is 11.1. The summed E-state index contributed by atoms with van der Waals surface area (Å²) in [5.41, 5.74) is 3.30. The summed E-state index contributed by atoms with van der Waals surface area (Å²) < 4.78 is 31.2. The quantitative estimate of drug-likeness (QED) is 0.291. The zero-order valence-electron chi connectivity index (χ0n) is 17.0. The summed E-state index contributed by atoms with van der Waals surface area (Å²) in [5.74, 6) is -2.92. The van der Waals surface area contributed by atoms with Crippen LogP contribution in [0.3, 0.4) is 0 Å². The Bertz CT molecular complexity index is 1170. The summed E-state index contributed by atoms with van der Waals surface area (Å²) in [5, 5.41) is 8.58. The van der Waals surface area contributed by atoms with Crippen LogP contribution >= 0.6 is 0 Å². The van der Waals surface area contributed by atoms with Crippen LogP contribution in [0.15, 0.2) is 77.9 Å². The highest BCUT2D eigenvalue weighted by Gasteiger charge is 2.12. The Labute approximate surface area is 187 Å². The minimum atomic E-state index is -1.01. The molecule has 0 saturated carbocycles. The maximum absolute atomic E-state index is 12.9. The molecule has 3 aromatic rings. The fraction of sp³-hybridized carbons (Fsp3) is 0.0435. The average molecular weight is 452 g/mol. The van der Waals surface area contributed by atoms with E-state index in [0.717, 1.165) is 12.1 Å². The van der Waals surface area contributed by atoms with Crippen molar-refractivity contribution in [2.75, 3.05) is 17.2 Å². The van der Waals surface area contributed by atoms with Crippen LogP contribution in [0.1, 0.15) is 5.56 Å². The molecule has 0 aliphatic heterocycles. The van der Waals surface area contributed by atoms with Crippen molar-refractivity contribution in [3.63, 3.8) is 0 Å². The van der Waals surface area contributed by atoms with Crippen molar-refractivity contribution < 1.29 is 27.9 Å². The van der Waals surface area contributed by atoms with Crippen LogP contribution in [0.5, 0.6) is 5.75 Å². The normalized spacial score (nSPS) is 10.5.